The van der Waals surface area contributed by atoms with E-state index in [1.54, 1.807) is 13.8 Å². The van der Waals surface area contributed by atoms with E-state index in [4.69, 9.17) is 5.73 Å². The molecule has 1 atom stereocenters. The van der Waals surface area contributed by atoms with Crippen LogP contribution in [0.5, 0.6) is 0 Å². The minimum absolute atomic E-state index is 0.139. The van der Waals surface area contributed by atoms with Crippen LogP contribution in [0.3, 0.4) is 0 Å². The van der Waals surface area contributed by atoms with Gasteiger partial charge in [0.15, 0.2) is 5.25 Å². The van der Waals surface area contributed by atoms with Gasteiger partial charge in [-0.15, -0.1) is 0 Å². The number of ether oxygens (including phenoxy) is 1. The first-order valence-electron chi connectivity index (χ1n) is 8.74. The Morgan fingerprint density at radius 1 is 1.27 bits per heavy atom. The number of nitrogens with zero attached hydrogens (tertiary/aromatic N) is 3. The lowest BCUT2D eigenvalue weighted by atomic mass is 10.0. The van der Waals surface area contributed by atoms with Crippen molar-refractivity contribution in [3.63, 3.8) is 0 Å². The average Bonchev–Trinajstić information content (AvgIpc) is 3.13. The van der Waals surface area contributed by atoms with Gasteiger partial charge < -0.3 is 15.4 Å². The molecule has 0 aliphatic heterocycles. The van der Waals surface area contributed by atoms with Gasteiger partial charge in [-0.3, -0.25) is 4.79 Å². The highest BCUT2D eigenvalue weighted by molar-refractivity contribution is 8.07. The Kier molecular flexibility index (Phi) is 8.70. The van der Waals surface area contributed by atoms with Crippen molar-refractivity contribution in [3.05, 3.63) is 0 Å². The molecular formula is C16H28N4O5S. The van der Waals surface area contributed by atoms with E-state index in [1.807, 2.05) is 0 Å². The quantitative estimate of drug-likeness (QED) is 0.397. The summed E-state index contributed by atoms with van der Waals surface area (Å²) >= 11 is 0. The van der Waals surface area contributed by atoms with E-state index in [0.29, 0.717) is 13.1 Å². The summed E-state index contributed by atoms with van der Waals surface area (Å²) in [5.41, 5.74) is 5.58. The predicted octanol–water partition coefficient (Wildman–Crippen LogP) is 1.33. The van der Waals surface area contributed by atoms with Crippen LogP contribution in [0.25, 0.3) is 0 Å². The monoisotopic (exact) mass is 388 g/mol. The molecule has 0 bridgehead atoms. The van der Waals surface area contributed by atoms with E-state index in [-0.39, 0.29) is 12.3 Å². The zero-order valence-corrected chi connectivity index (χ0v) is 16.4. The maximum atomic E-state index is 12.6. The molecular weight excluding hydrogens is 360 g/mol. The molecule has 2 amide bonds. The van der Waals surface area contributed by atoms with Crippen LogP contribution in [-0.4, -0.2) is 62.3 Å². The summed E-state index contributed by atoms with van der Waals surface area (Å²) in [6.07, 6.45) is 4.74. The number of sulfone groups is 1. The van der Waals surface area contributed by atoms with Crippen LogP contribution in [0, 0.1) is 5.92 Å². The maximum absolute atomic E-state index is 12.6. The smallest absolute Gasteiger partial charge is 0.344 e. The predicted molar refractivity (Wildman–Crippen MR) is 99.7 cm³/mol. The van der Waals surface area contributed by atoms with Crippen molar-refractivity contribution in [1.82, 2.24) is 4.90 Å². The molecule has 0 heterocycles. The van der Waals surface area contributed by atoms with Crippen molar-refractivity contribution < 1.29 is 22.7 Å². The minimum atomic E-state index is -4.19. The summed E-state index contributed by atoms with van der Waals surface area (Å²) in [4.78, 5) is 32.3. The molecule has 1 aliphatic rings. The van der Waals surface area contributed by atoms with Gasteiger partial charge in [-0.1, -0.05) is 25.7 Å². The second kappa shape index (κ2) is 10.2. The first-order valence-corrected chi connectivity index (χ1v) is 10.3. The van der Waals surface area contributed by atoms with Crippen LogP contribution in [-0.2, 0) is 19.4 Å². The van der Waals surface area contributed by atoms with Crippen molar-refractivity contribution in [2.45, 2.75) is 51.2 Å². The lowest BCUT2D eigenvalue weighted by Gasteiger charge is -2.18. The maximum Gasteiger partial charge on any atom is 0.344 e. The van der Waals surface area contributed by atoms with E-state index in [9.17, 15) is 18.0 Å². The molecule has 1 fully saturated rings. The molecule has 10 heteroatoms. The van der Waals surface area contributed by atoms with E-state index in [1.165, 1.54) is 4.90 Å². The number of carbonyl (C=O) groups excluding carboxylic acids is 2. The highest BCUT2D eigenvalue weighted by Crippen LogP contribution is 2.30. The fourth-order valence-corrected chi connectivity index (χ4v) is 4.32. The summed E-state index contributed by atoms with van der Waals surface area (Å²) in [6, 6.07) is -0.542. The second-order valence-corrected chi connectivity index (χ2v) is 8.19. The number of esters is 1. The zero-order valence-electron chi connectivity index (χ0n) is 15.6. The fourth-order valence-electron chi connectivity index (χ4n) is 2.96. The van der Waals surface area contributed by atoms with Gasteiger partial charge >= 0.3 is 12.0 Å². The first-order chi connectivity index (χ1) is 12.3. The molecule has 1 saturated carbocycles. The van der Waals surface area contributed by atoms with Gasteiger partial charge in [0.25, 0.3) is 0 Å². The lowest BCUT2D eigenvalue weighted by molar-refractivity contribution is -0.140. The molecule has 0 aromatic heterocycles. The number of rotatable bonds is 7. The van der Waals surface area contributed by atoms with Crippen molar-refractivity contribution in [2.24, 2.45) is 21.6 Å². The Morgan fingerprint density at radius 2 is 1.85 bits per heavy atom. The third-order valence-corrected chi connectivity index (χ3v) is 6.36. The number of amidine groups is 1. The van der Waals surface area contributed by atoms with Gasteiger partial charge in [0.1, 0.15) is 6.34 Å². The van der Waals surface area contributed by atoms with Crippen LogP contribution in [0.4, 0.5) is 4.79 Å². The van der Waals surface area contributed by atoms with Crippen LogP contribution >= 0.6 is 0 Å². The second-order valence-electron chi connectivity index (χ2n) is 6.11. The number of nitrogens with two attached hydrogens (primary N) is 1. The van der Waals surface area contributed by atoms with Crippen LogP contribution < -0.4 is 5.73 Å². The Hall–Kier alpha value is -1.97. The van der Waals surface area contributed by atoms with Gasteiger partial charge in [0.2, 0.25) is 15.0 Å². The normalized spacial score (nSPS) is 17.4. The third kappa shape index (κ3) is 5.79. The van der Waals surface area contributed by atoms with Crippen LogP contribution in [0.2, 0.25) is 0 Å². The molecule has 0 aromatic carbocycles. The molecule has 148 valence electrons. The average molecular weight is 388 g/mol. The van der Waals surface area contributed by atoms with Gasteiger partial charge in [-0.25, -0.2) is 18.2 Å². The summed E-state index contributed by atoms with van der Waals surface area (Å²) in [6.45, 7) is 4.53. The Labute approximate surface area is 154 Å². The number of amides is 2. The Morgan fingerprint density at radius 3 is 2.35 bits per heavy atom. The number of hydrogen-bond donors (Lipinski definition) is 1. The highest BCUT2D eigenvalue weighted by Gasteiger charge is 2.38. The van der Waals surface area contributed by atoms with E-state index in [2.05, 4.69) is 14.7 Å². The summed E-state index contributed by atoms with van der Waals surface area (Å²) in [5, 5.41) is -2.15. The third-order valence-electron chi connectivity index (χ3n) is 4.54. The Balaban J connectivity index is 2.94. The molecule has 26 heavy (non-hydrogen) atoms. The van der Waals surface area contributed by atoms with Crippen LogP contribution in [0.15, 0.2) is 9.98 Å². The van der Waals surface area contributed by atoms with Crippen molar-refractivity contribution >= 4 is 33.3 Å². The van der Waals surface area contributed by atoms with E-state index < -0.39 is 32.3 Å². The number of aliphatic imine (C=N–C) groups is 2. The topological polar surface area (TPSA) is 131 Å². The summed E-state index contributed by atoms with van der Waals surface area (Å²) in [7, 11) is -3.06. The van der Waals surface area contributed by atoms with Gasteiger partial charge in [-0.2, -0.15) is 4.99 Å². The molecule has 9 nitrogen and oxygen atoms in total. The van der Waals surface area contributed by atoms with E-state index >= 15 is 0 Å². The molecule has 0 aromatic rings. The molecule has 1 rings (SSSR count). The van der Waals surface area contributed by atoms with Crippen molar-refractivity contribution in [3.8, 4) is 0 Å². The molecule has 0 radical (unpaired) electrons. The van der Waals surface area contributed by atoms with Gasteiger partial charge in [0.05, 0.1) is 7.11 Å². The minimum Gasteiger partial charge on any atom is -0.468 e. The molecule has 1 aliphatic carbocycles. The van der Waals surface area contributed by atoms with Crippen LogP contribution in [0.1, 0.15) is 46.0 Å². The Bertz CT molecular complexity index is 650. The molecule has 2 N–H and O–H groups in total. The summed E-state index contributed by atoms with van der Waals surface area (Å²) in [5.74, 6) is -0.717. The number of urea groups is 1. The van der Waals surface area contributed by atoms with Crippen molar-refractivity contribution in [2.75, 3.05) is 20.2 Å². The zero-order chi connectivity index (χ0) is 19.7. The first kappa shape index (κ1) is 22.1. The number of carbonyl (C=O) groups is 2. The molecule has 0 saturated heterocycles. The highest BCUT2D eigenvalue weighted by atomic mass is 32.2. The van der Waals surface area contributed by atoms with E-state index in [0.717, 1.165) is 39.1 Å². The molecule has 1 unspecified atom stereocenters. The number of methoxy groups -OCH3 is 1. The van der Waals surface area contributed by atoms with Gasteiger partial charge in [0, 0.05) is 13.1 Å². The lowest BCUT2D eigenvalue weighted by Crippen LogP contribution is -2.40. The largest absolute Gasteiger partial charge is 0.468 e. The number of hydrogen-bond acceptors (Lipinski definition) is 5. The molecule has 0 spiro atoms. The SMILES string of the molecule is CCN(CC)C(=O)/N=C/N=C(N)S(=O)(=O)C(CC1CCCC1)C(=O)OC. The summed E-state index contributed by atoms with van der Waals surface area (Å²) < 4.78 is 29.9. The fraction of sp³-hybridized carbons (Fsp3) is 0.750. The standard InChI is InChI=1S/C16H28N4O5S/c1-4-20(5-2)16(22)19-11-18-15(17)26(23,24)13(14(21)25-3)10-12-8-6-7-9-12/h11-13H,4-10H2,1-3H3,(H2,17,18,19,22). The van der Waals surface area contributed by atoms with Crippen molar-refractivity contribution in [1.29, 1.82) is 0 Å². The van der Waals surface area contributed by atoms with Gasteiger partial charge in [-0.05, 0) is 26.2 Å².